The van der Waals surface area contributed by atoms with Crippen LogP contribution in [-0.4, -0.2) is 19.3 Å². The van der Waals surface area contributed by atoms with Crippen LogP contribution in [0, 0.1) is 0 Å². The summed E-state index contributed by atoms with van der Waals surface area (Å²) in [6.07, 6.45) is 0. The first-order chi connectivity index (χ1) is 6.79. The summed E-state index contributed by atoms with van der Waals surface area (Å²) in [5, 5.41) is 2.04. The molecule has 0 aromatic carbocycles. The fourth-order valence-electron chi connectivity index (χ4n) is 0.843. The van der Waals surface area contributed by atoms with Crippen LogP contribution in [0.15, 0.2) is 21.6 Å². The van der Waals surface area contributed by atoms with Crippen molar-refractivity contribution in [1.29, 1.82) is 0 Å². The lowest BCUT2D eigenvalue weighted by molar-refractivity contribution is -0.114. The van der Waals surface area contributed by atoms with Crippen molar-refractivity contribution < 1.29 is 13.2 Å². The van der Waals surface area contributed by atoms with Gasteiger partial charge in [-0.3, -0.25) is 4.79 Å². The molecule has 82 valence electrons. The molecule has 0 spiro atoms. The van der Waals surface area contributed by atoms with Gasteiger partial charge in [-0.1, -0.05) is 15.9 Å². The van der Waals surface area contributed by atoms with Crippen LogP contribution in [0.25, 0.3) is 0 Å². The van der Waals surface area contributed by atoms with Gasteiger partial charge in [0, 0.05) is 22.1 Å². The summed E-state index contributed by atoms with van der Waals surface area (Å²) in [5.74, 6) is -0.227. The highest BCUT2D eigenvalue weighted by molar-refractivity contribution is 9.10. The number of aromatic nitrogens is 1. The first-order valence-electron chi connectivity index (χ1n) is 3.69. The summed E-state index contributed by atoms with van der Waals surface area (Å²) in [7, 11) is 1.21. The van der Waals surface area contributed by atoms with E-state index >= 15 is 0 Å². The summed E-state index contributed by atoms with van der Waals surface area (Å²) < 4.78 is 22.4. The Kier molecular flexibility index (Phi) is 3.69. The standard InChI is InChI=1S/C7H6BrClN2O3S/c1-4(12)10-6-2-5(8)3-7(11-6)15(9,13)14/h2-3H,1H3,(H,10,11,12). The molecule has 1 amide bonds. The molecule has 5 nitrogen and oxygen atoms in total. The van der Waals surface area contributed by atoms with E-state index in [-0.39, 0.29) is 16.8 Å². The smallest absolute Gasteiger partial charge is 0.278 e. The fraction of sp³-hybridized carbons (Fsp3) is 0.143. The van der Waals surface area contributed by atoms with Gasteiger partial charge in [-0.25, -0.2) is 13.4 Å². The van der Waals surface area contributed by atoms with Crippen LogP contribution in [0.4, 0.5) is 5.82 Å². The van der Waals surface area contributed by atoms with Crippen LogP contribution in [0.5, 0.6) is 0 Å². The summed E-state index contributed by atoms with van der Waals surface area (Å²) in [5.41, 5.74) is 0. The number of hydrogen-bond acceptors (Lipinski definition) is 4. The Labute approximate surface area is 99.4 Å². The van der Waals surface area contributed by atoms with Crippen molar-refractivity contribution in [2.24, 2.45) is 0 Å². The number of carbonyl (C=O) groups is 1. The number of carbonyl (C=O) groups excluding carboxylic acids is 1. The van der Waals surface area contributed by atoms with Crippen LogP contribution in [0.2, 0.25) is 0 Å². The minimum atomic E-state index is -3.90. The van der Waals surface area contributed by atoms with E-state index in [1.807, 2.05) is 0 Å². The second kappa shape index (κ2) is 4.46. The quantitative estimate of drug-likeness (QED) is 0.844. The normalized spacial score (nSPS) is 11.1. The van der Waals surface area contributed by atoms with E-state index in [1.54, 1.807) is 0 Å². The zero-order chi connectivity index (χ0) is 11.6. The van der Waals surface area contributed by atoms with Gasteiger partial charge in [-0.2, -0.15) is 0 Å². The van der Waals surface area contributed by atoms with Crippen LogP contribution in [0.1, 0.15) is 6.92 Å². The van der Waals surface area contributed by atoms with E-state index < -0.39 is 9.05 Å². The van der Waals surface area contributed by atoms with Gasteiger partial charge < -0.3 is 5.32 Å². The third kappa shape index (κ3) is 3.77. The third-order valence-corrected chi connectivity index (χ3v) is 2.96. The summed E-state index contributed by atoms with van der Waals surface area (Å²) >= 11 is 3.08. The lowest BCUT2D eigenvalue weighted by Crippen LogP contribution is -2.09. The van der Waals surface area contributed by atoms with Crippen molar-refractivity contribution in [3.8, 4) is 0 Å². The van der Waals surface area contributed by atoms with Crippen molar-refractivity contribution >= 4 is 47.4 Å². The minimum Gasteiger partial charge on any atom is -0.311 e. The average molecular weight is 314 g/mol. The number of nitrogens with one attached hydrogen (secondary N) is 1. The van der Waals surface area contributed by atoms with E-state index in [2.05, 4.69) is 26.2 Å². The van der Waals surface area contributed by atoms with E-state index in [0.29, 0.717) is 4.47 Å². The predicted molar refractivity (Wildman–Crippen MR) is 59.3 cm³/mol. The van der Waals surface area contributed by atoms with Crippen LogP contribution in [0.3, 0.4) is 0 Å². The number of amides is 1. The van der Waals surface area contributed by atoms with Gasteiger partial charge in [0.2, 0.25) is 5.91 Å². The molecule has 1 aromatic rings. The maximum atomic E-state index is 11.0. The van der Waals surface area contributed by atoms with Crippen LogP contribution in [-0.2, 0) is 13.8 Å². The molecule has 15 heavy (non-hydrogen) atoms. The Hall–Kier alpha value is -0.660. The third-order valence-electron chi connectivity index (χ3n) is 1.32. The van der Waals surface area contributed by atoms with Gasteiger partial charge in [0.05, 0.1) is 0 Å². The van der Waals surface area contributed by atoms with Gasteiger partial charge in [-0.15, -0.1) is 0 Å². The molecular weight excluding hydrogens is 308 g/mol. The molecular formula is C7H6BrClN2O3S. The first kappa shape index (κ1) is 12.4. The van der Waals surface area contributed by atoms with Crippen molar-refractivity contribution in [3.63, 3.8) is 0 Å². The second-order valence-electron chi connectivity index (χ2n) is 2.63. The molecule has 0 unspecified atom stereocenters. The molecule has 0 saturated heterocycles. The van der Waals surface area contributed by atoms with Crippen molar-refractivity contribution in [2.45, 2.75) is 11.9 Å². The Morgan fingerprint density at radius 1 is 1.53 bits per heavy atom. The van der Waals surface area contributed by atoms with Gasteiger partial charge in [0.25, 0.3) is 9.05 Å². The average Bonchev–Trinajstić information content (AvgIpc) is 1.99. The zero-order valence-corrected chi connectivity index (χ0v) is 10.6. The molecule has 0 aliphatic heterocycles. The van der Waals surface area contributed by atoms with Gasteiger partial charge >= 0.3 is 0 Å². The maximum absolute atomic E-state index is 11.0. The SMILES string of the molecule is CC(=O)Nc1cc(Br)cc(S(=O)(=O)Cl)n1. The molecule has 1 rings (SSSR count). The molecule has 1 N–H and O–H groups in total. The van der Waals surface area contributed by atoms with Crippen LogP contribution >= 0.6 is 26.6 Å². The lowest BCUT2D eigenvalue weighted by atomic mass is 10.4. The number of anilines is 1. The molecule has 0 radical (unpaired) electrons. The lowest BCUT2D eigenvalue weighted by Gasteiger charge is -2.03. The highest BCUT2D eigenvalue weighted by atomic mass is 79.9. The first-order valence-corrected chi connectivity index (χ1v) is 6.79. The molecule has 0 aliphatic rings. The fourth-order valence-corrected chi connectivity index (χ4v) is 2.14. The number of hydrogen-bond donors (Lipinski definition) is 1. The van der Waals surface area contributed by atoms with Crippen molar-refractivity contribution in [2.75, 3.05) is 5.32 Å². The highest BCUT2D eigenvalue weighted by Crippen LogP contribution is 2.21. The monoisotopic (exact) mass is 312 g/mol. The van der Waals surface area contributed by atoms with E-state index in [1.165, 1.54) is 19.1 Å². The molecule has 1 aromatic heterocycles. The predicted octanol–water partition coefficient (Wildman–Crippen LogP) is 1.73. The zero-order valence-electron chi connectivity index (χ0n) is 7.49. The largest absolute Gasteiger partial charge is 0.311 e. The Morgan fingerprint density at radius 2 is 2.13 bits per heavy atom. The summed E-state index contributed by atoms with van der Waals surface area (Å²) in [6, 6.07) is 2.71. The molecule has 1 heterocycles. The van der Waals surface area contributed by atoms with Crippen molar-refractivity contribution in [3.05, 3.63) is 16.6 Å². The highest BCUT2D eigenvalue weighted by Gasteiger charge is 2.14. The van der Waals surface area contributed by atoms with Crippen LogP contribution < -0.4 is 5.32 Å². The topological polar surface area (TPSA) is 76.1 Å². The number of halogens is 2. The summed E-state index contributed by atoms with van der Waals surface area (Å²) in [4.78, 5) is 14.4. The van der Waals surface area contributed by atoms with Crippen molar-refractivity contribution in [1.82, 2.24) is 4.98 Å². The van der Waals surface area contributed by atoms with Gasteiger partial charge in [0.1, 0.15) is 5.82 Å². The van der Waals surface area contributed by atoms with E-state index in [9.17, 15) is 13.2 Å². The minimum absolute atomic E-state index is 0.121. The molecule has 0 bridgehead atoms. The number of rotatable bonds is 2. The summed E-state index contributed by atoms with van der Waals surface area (Å²) in [6.45, 7) is 1.29. The van der Waals surface area contributed by atoms with Gasteiger partial charge in [-0.05, 0) is 12.1 Å². The molecule has 0 fully saturated rings. The van der Waals surface area contributed by atoms with E-state index in [4.69, 9.17) is 10.7 Å². The molecule has 0 aliphatic carbocycles. The maximum Gasteiger partial charge on any atom is 0.278 e. The Morgan fingerprint density at radius 3 is 2.60 bits per heavy atom. The number of nitrogens with zero attached hydrogens (tertiary/aromatic N) is 1. The van der Waals surface area contributed by atoms with E-state index in [0.717, 1.165) is 0 Å². The second-order valence-corrected chi connectivity index (χ2v) is 6.06. The molecule has 0 atom stereocenters. The molecule has 8 heteroatoms. The Bertz CT molecular complexity index is 503. The molecule has 0 saturated carbocycles. The Balaban J connectivity index is 3.23. The number of pyridine rings is 1. The van der Waals surface area contributed by atoms with Gasteiger partial charge in [0.15, 0.2) is 5.03 Å².